The number of ether oxygens (including phenoxy) is 1. The van der Waals surface area contributed by atoms with Crippen LogP contribution < -0.4 is 4.74 Å². The molecule has 0 unspecified atom stereocenters. The molecule has 0 bridgehead atoms. The number of hydrogen-bond donors (Lipinski definition) is 2. The molecule has 6 nitrogen and oxygen atoms in total. The summed E-state index contributed by atoms with van der Waals surface area (Å²) >= 11 is 0. The monoisotopic (exact) mass is 627 g/mol. The third kappa shape index (κ3) is 9.36. The number of nitrogens with zero attached hydrogens (tertiary/aromatic N) is 1. The molecule has 4 aromatic rings. The minimum absolute atomic E-state index is 0.00920. The first-order valence-electron chi connectivity index (χ1n) is 14.0. The number of rotatable bonds is 14. The largest absolute Gasteiger partial charge is 0.481 e. The van der Waals surface area contributed by atoms with E-state index in [0.29, 0.717) is 42.6 Å². The summed E-state index contributed by atoms with van der Waals surface area (Å²) in [7, 11) is 0. The molecule has 4 rings (SSSR count). The highest BCUT2D eigenvalue weighted by atomic mass is 19.4. The number of benzene rings is 4. The molecule has 11 heteroatoms. The van der Waals surface area contributed by atoms with Crippen LogP contribution in [0.25, 0.3) is 11.1 Å². The quantitative estimate of drug-likeness (QED) is 0.108. The first kappa shape index (κ1) is 33.1. The van der Waals surface area contributed by atoms with Crippen LogP contribution in [0.1, 0.15) is 51.9 Å². The molecule has 0 saturated heterocycles. The van der Waals surface area contributed by atoms with Crippen molar-refractivity contribution in [1.29, 1.82) is 0 Å². The maximum Gasteiger partial charge on any atom is 0.426 e. The summed E-state index contributed by atoms with van der Waals surface area (Å²) in [5.41, 5.74) is 1.01. The van der Waals surface area contributed by atoms with E-state index in [1.54, 1.807) is 30.3 Å². The molecule has 0 amide bonds. The molecular formula is C34H30F5NO5. The van der Waals surface area contributed by atoms with Crippen LogP contribution in [0.5, 0.6) is 5.75 Å². The van der Waals surface area contributed by atoms with Crippen LogP contribution in [0.4, 0.5) is 22.0 Å². The van der Waals surface area contributed by atoms with Gasteiger partial charge in [0.2, 0.25) is 0 Å². The average molecular weight is 628 g/mol. The van der Waals surface area contributed by atoms with Crippen LogP contribution in [0.15, 0.2) is 97.1 Å². The molecule has 2 N–H and O–H groups in total. The van der Waals surface area contributed by atoms with E-state index in [-0.39, 0.29) is 24.3 Å². The van der Waals surface area contributed by atoms with Gasteiger partial charge in [-0.1, -0.05) is 54.6 Å². The van der Waals surface area contributed by atoms with Crippen LogP contribution in [0.3, 0.4) is 0 Å². The summed E-state index contributed by atoms with van der Waals surface area (Å²) < 4.78 is 74.6. The lowest BCUT2D eigenvalue weighted by molar-refractivity contribution is -0.186. The molecule has 4 aromatic carbocycles. The molecule has 45 heavy (non-hydrogen) atoms. The third-order valence-electron chi connectivity index (χ3n) is 7.09. The second-order valence-corrected chi connectivity index (χ2v) is 10.4. The zero-order valence-corrected chi connectivity index (χ0v) is 23.9. The number of aliphatic carboxylic acids is 1. The summed E-state index contributed by atoms with van der Waals surface area (Å²) in [6, 6.07) is 22.1. The third-order valence-corrected chi connectivity index (χ3v) is 7.09. The van der Waals surface area contributed by atoms with Crippen LogP contribution >= 0.6 is 0 Å². The minimum atomic E-state index is -4.48. The normalized spacial score (nSPS) is 11.9. The second-order valence-electron chi connectivity index (χ2n) is 10.4. The Kier molecular flexibility index (Phi) is 10.6. The van der Waals surface area contributed by atoms with E-state index in [1.165, 1.54) is 42.5 Å². The summed E-state index contributed by atoms with van der Waals surface area (Å²) in [6.07, 6.45) is -7.28. The van der Waals surface area contributed by atoms with Crippen molar-refractivity contribution >= 4 is 11.9 Å². The molecular weight excluding hydrogens is 597 g/mol. The van der Waals surface area contributed by atoms with Crippen LogP contribution in [0.2, 0.25) is 0 Å². The Morgan fingerprint density at radius 3 is 1.82 bits per heavy atom. The van der Waals surface area contributed by atoms with E-state index >= 15 is 8.78 Å². The SMILES string of the molecule is O=C(O)CCCCN(Cc1ccc(C(=O)O)cc1)Cc1ccccc1OC(F)(F)c1ccc(-c2ccc(C(F)(F)F)cc2)cc1. The molecule has 0 atom stereocenters. The van der Waals surface area contributed by atoms with Crippen molar-refractivity contribution in [2.45, 2.75) is 44.6 Å². The topological polar surface area (TPSA) is 87.1 Å². The van der Waals surface area contributed by atoms with E-state index < -0.39 is 35.4 Å². The standard InChI is InChI=1S/C34H30F5NO5/c35-33(36,37)28-16-12-24(13-17-28)25-14-18-29(19-15-25)34(38,39)45-30-6-2-1-5-27(30)22-40(20-4-3-7-31(41)42)21-23-8-10-26(11-9-23)32(43)44/h1-2,5-6,8-19H,3-4,7,20-22H2,(H,41,42)(H,43,44). The molecule has 0 aromatic heterocycles. The first-order chi connectivity index (χ1) is 21.3. The number of carboxylic acid groups (broad SMARTS) is 2. The van der Waals surface area contributed by atoms with E-state index in [4.69, 9.17) is 9.84 Å². The lowest BCUT2D eigenvalue weighted by Crippen LogP contribution is -2.26. The van der Waals surface area contributed by atoms with Crippen LogP contribution in [0, 0.1) is 0 Å². The van der Waals surface area contributed by atoms with Crippen LogP contribution in [-0.2, 0) is 30.2 Å². The molecule has 0 fully saturated rings. The van der Waals surface area contributed by atoms with Crippen molar-refractivity contribution in [2.24, 2.45) is 0 Å². The molecule has 0 radical (unpaired) electrons. The number of hydrogen-bond acceptors (Lipinski definition) is 4. The maximum atomic E-state index is 15.4. The van der Waals surface area contributed by atoms with Crippen molar-refractivity contribution in [2.75, 3.05) is 6.54 Å². The summed E-state index contributed by atoms with van der Waals surface area (Å²) in [5, 5.41) is 18.2. The Labute approximate surface area is 256 Å². The number of carbonyl (C=O) groups is 2. The maximum absolute atomic E-state index is 15.4. The number of halogens is 5. The second kappa shape index (κ2) is 14.3. The Morgan fingerprint density at radius 2 is 1.27 bits per heavy atom. The Bertz CT molecular complexity index is 1590. The van der Waals surface area contributed by atoms with Crippen molar-refractivity contribution in [1.82, 2.24) is 4.90 Å². The summed E-state index contributed by atoms with van der Waals surface area (Å²) in [4.78, 5) is 24.1. The Morgan fingerprint density at radius 1 is 0.689 bits per heavy atom. The number of aromatic carboxylic acids is 1. The van der Waals surface area contributed by atoms with Gasteiger partial charge in [-0.05, 0) is 78.5 Å². The molecule has 0 aliphatic rings. The number of carboxylic acids is 2. The smallest absolute Gasteiger partial charge is 0.426 e. The predicted molar refractivity (Wildman–Crippen MR) is 157 cm³/mol. The van der Waals surface area contributed by atoms with E-state index in [9.17, 15) is 27.9 Å². The number of unbranched alkanes of at least 4 members (excludes halogenated alkanes) is 1. The highest BCUT2D eigenvalue weighted by Gasteiger charge is 2.35. The fourth-order valence-electron chi connectivity index (χ4n) is 4.72. The van der Waals surface area contributed by atoms with Gasteiger partial charge in [0, 0.05) is 25.1 Å². The van der Waals surface area contributed by atoms with Crippen molar-refractivity contribution in [3.05, 3.63) is 125 Å². The van der Waals surface area contributed by atoms with Gasteiger partial charge in [-0.25, -0.2) is 4.79 Å². The van der Waals surface area contributed by atoms with Gasteiger partial charge in [-0.3, -0.25) is 9.69 Å². The number of alkyl halides is 5. The van der Waals surface area contributed by atoms with E-state index in [1.807, 2.05) is 4.90 Å². The minimum Gasteiger partial charge on any atom is -0.481 e. The van der Waals surface area contributed by atoms with Crippen molar-refractivity contribution < 1.29 is 46.5 Å². The zero-order valence-electron chi connectivity index (χ0n) is 23.9. The van der Waals surface area contributed by atoms with E-state index in [0.717, 1.165) is 29.8 Å². The molecule has 236 valence electrons. The van der Waals surface area contributed by atoms with Crippen molar-refractivity contribution in [3.8, 4) is 16.9 Å². The Hall–Kier alpha value is -4.77. The van der Waals surface area contributed by atoms with E-state index in [2.05, 4.69) is 0 Å². The predicted octanol–water partition coefficient (Wildman–Crippen LogP) is 8.46. The fourth-order valence-corrected chi connectivity index (χ4v) is 4.72. The lowest BCUT2D eigenvalue weighted by Gasteiger charge is -2.25. The van der Waals surface area contributed by atoms with Gasteiger partial charge in [-0.2, -0.15) is 22.0 Å². The summed E-state index contributed by atoms with van der Waals surface area (Å²) in [6.45, 7) is 0.986. The Balaban J connectivity index is 1.50. The molecule has 0 spiro atoms. The van der Waals surface area contributed by atoms with Gasteiger partial charge in [0.05, 0.1) is 16.7 Å². The molecule has 0 aliphatic heterocycles. The van der Waals surface area contributed by atoms with Gasteiger partial charge < -0.3 is 14.9 Å². The van der Waals surface area contributed by atoms with Gasteiger partial charge in [0.15, 0.2) is 0 Å². The van der Waals surface area contributed by atoms with Gasteiger partial charge in [0.1, 0.15) is 5.75 Å². The lowest BCUT2D eigenvalue weighted by atomic mass is 10.0. The summed E-state index contributed by atoms with van der Waals surface area (Å²) in [5.74, 6) is -2.04. The number of para-hydroxylation sites is 1. The fraction of sp³-hybridized carbons (Fsp3) is 0.235. The molecule has 0 heterocycles. The highest BCUT2D eigenvalue weighted by Crippen LogP contribution is 2.36. The van der Waals surface area contributed by atoms with Gasteiger partial charge in [-0.15, -0.1) is 0 Å². The first-order valence-corrected chi connectivity index (χ1v) is 14.0. The molecule has 0 aliphatic carbocycles. The highest BCUT2D eigenvalue weighted by molar-refractivity contribution is 5.87. The van der Waals surface area contributed by atoms with Crippen LogP contribution in [-0.4, -0.2) is 33.6 Å². The van der Waals surface area contributed by atoms with Crippen molar-refractivity contribution in [3.63, 3.8) is 0 Å². The average Bonchev–Trinajstić information content (AvgIpc) is 3.00. The molecule has 0 saturated carbocycles. The van der Waals surface area contributed by atoms with Gasteiger partial charge in [0.25, 0.3) is 0 Å². The zero-order chi connectivity index (χ0) is 32.6. The van der Waals surface area contributed by atoms with Gasteiger partial charge >= 0.3 is 24.2 Å².